The van der Waals surface area contributed by atoms with Gasteiger partial charge >= 0.3 is 6.09 Å². The second-order valence-corrected chi connectivity index (χ2v) is 14.8. The molecule has 3 aromatic rings. The lowest BCUT2D eigenvalue weighted by atomic mass is 9.94. The molecule has 1 aliphatic carbocycles. The summed E-state index contributed by atoms with van der Waals surface area (Å²) in [6.07, 6.45) is 12.5. The lowest BCUT2D eigenvalue weighted by Gasteiger charge is -2.46. The van der Waals surface area contributed by atoms with Crippen LogP contribution in [0.3, 0.4) is 0 Å². The smallest absolute Gasteiger partial charge is 0.411 e. The summed E-state index contributed by atoms with van der Waals surface area (Å²) >= 11 is 10.1. The number of imidazole rings is 1. The van der Waals surface area contributed by atoms with E-state index in [4.69, 9.17) is 21.3 Å². The molecule has 0 radical (unpaired) electrons. The number of piperazine rings is 1. The number of amides is 2. The van der Waals surface area contributed by atoms with Crippen LogP contribution in [0.4, 0.5) is 4.79 Å². The van der Waals surface area contributed by atoms with E-state index in [1.54, 1.807) is 11.1 Å². The van der Waals surface area contributed by atoms with Crippen molar-refractivity contribution in [2.45, 2.75) is 89.6 Å². The molecule has 240 valence electrons. The molecule has 2 saturated heterocycles. The van der Waals surface area contributed by atoms with Gasteiger partial charge in [0.2, 0.25) is 5.91 Å². The average Bonchev–Trinajstić information content (AvgIpc) is 3.48. The highest BCUT2D eigenvalue weighted by molar-refractivity contribution is 9.10. The van der Waals surface area contributed by atoms with E-state index in [0.717, 1.165) is 60.8 Å². The van der Waals surface area contributed by atoms with E-state index in [1.165, 1.54) is 11.1 Å². The molecule has 2 fully saturated rings. The average molecular weight is 698 g/mol. The molecule has 0 unspecified atom stereocenters. The zero-order valence-electron chi connectivity index (χ0n) is 26.3. The topological polar surface area (TPSA) is 83.8 Å². The van der Waals surface area contributed by atoms with Crippen molar-refractivity contribution in [3.05, 3.63) is 81.1 Å². The molecule has 0 saturated carbocycles. The number of fused-ring (bicyclic) bond motifs is 2. The maximum absolute atomic E-state index is 14.7. The Labute approximate surface area is 279 Å². The van der Waals surface area contributed by atoms with Gasteiger partial charge in [-0.1, -0.05) is 17.7 Å². The number of benzene rings is 1. The monoisotopic (exact) mass is 696 g/mol. The first kappa shape index (κ1) is 32.0. The summed E-state index contributed by atoms with van der Waals surface area (Å²) in [6, 6.07) is 7.51. The van der Waals surface area contributed by atoms with Gasteiger partial charge in [0, 0.05) is 66.9 Å². The molecule has 2 amide bonds. The summed E-state index contributed by atoms with van der Waals surface area (Å²) < 4.78 is 8.87. The van der Waals surface area contributed by atoms with Crippen LogP contribution in [0.15, 0.2) is 53.7 Å². The zero-order valence-corrected chi connectivity index (χ0v) is 28.6. The number of aryl methyl sites for hydroxylation is 3. The van der Waals surface area contributed by atoms with Crippen molar-refractivity contribution in [3.8, 4) is 0 Å². The summed E-state index contributed by atoms with van der Waals surface area (Å²) in [5.74, 6) is -0.00479. The van der Waals surface area contributed by atoms with Crippen molar-refractivity contribution in [2.24, 2.45) is 0 Å². The van der Waals surface area contributed by atoms with Crippen molar-refractivity contribution in [1.82, 2.24) is 29.2 Å². The first-order chi connectivity index (χ1) is 21.6. The third kappa shape index (κ3) is 7.23. The standard InChI is InChI=1S/C34H42BrClN6O3/c1-34(2,3)45-33(44)42-17-16-40(21-29(42)32(43)41-13-5-4-6-27(41)11-14-39-15-12-37-22-39)31-28-10-9-26(36)19-23(28)7-8-24-18-25(35)20-38-30(24)31/h9-10,12,15,18-20,22,27,29,31H,4-8,11,13-14,16-17,21H2,1-3H3/t27-,29+,31-/m0/s1. The zero-order chi connectivity index (χ0) is 31.7. The van der Waals surface area contributed by atoms with Crippen LogP contribution < -0.4 is 0 Å². The third-order valence-corrected chi connectivity index (χ3v) is 9.84. The van der Waals surface area contributed by atoms with Gasteiger partial charge in [0.05, 0.1) is 18.1 Å². The minimum absolute atomic E-state index is 0.00479. The molecule has 1 aromatic carbocycles. The number of hydrogen-bond donors (Lipinski definition) is 0. The lowest BCUT2D eigenvalue weighted by molar-refractivity contribution is -0.143. The number of piperidine rings is 1. The molecule has 6 rings (SSSR count). The van der Waals surface area contributed by atoms with Gasteiger partial charge < -0.3 is 14.2 Å². The largest absolute Gasteiger partial charge is 0.444 e. The molecule has 11 heteroatoms. The number of hydrogen-bond acceptors (Lipinski definition) is 6. The molecule has 0 bridgehead atoms. The van der Waals surface area contributed by atoms with Crippen LogP contribution in [0, 0.1) is 0 Å². The summed E-state index contributed by atoms with van der Waals surface area (Å²) in [4.78, 5) is 43.5. The predicted molar refractivity (Wildman–Crippen MR) is 177 cm³/mol. The highest BCUT2D eigenvalue weighted by Crippen LogP contribution is 2.39. The van der Waals surface area contributed by atoms with E-state index in [0.29, 0.717) is 31.2 Å². The summed E-state index contributed by atoms with van der Waals surface area (Å²) in [5, 5.41) is 0.710. The molecule has 2 aromatic heterocycles. The molecule has 45 heavy (non-hydrogen) atoms. The molecule has 4 heterocycles. The van der Waals surface area contributed by atoms with Crippen LogP contribution in [0.1, 0.15) is 74.9 Å². The maximum Gasteiger partial charge on any atom is 0.411 e. The quantitative estimate of drug-likeness (QED) is 0.313. The van der Waals surface area contributed by atoms with Gasteiger partial charge in [-0.15, -0.1) is 0 Å². The number of carbonyl (C=O) groups is 2. The fourth-order valence-electron chi connectivity index (χ4n) is 7.07. The highest BCUT2D eigenvalue weighted by atomic mass is 79.9. The van der Waals surface area contributed by atoms with Gasteiger partial charge in [-0.05, 0) is 110 Å². The maximum atomic E-state index is 14.7. The predicted octanol–water partition coefficient (Wildman–Crippen LogP) is 6.27. The Balaban J connectivity index is 1.34. The van der Waals surface area contributed by atoms with Gasteiger partial charge in [-0.25, -0.2) is 9.78 Å². The third-order valence-electron chi connectivity index (χ3n) is 9.17. The second-order valence-electron chi connectivity index (χ2n) is 13.4. The van der Waals surface area contributed by atoms with Crippen LogP contribution in [0.2, 0.25) is 5.02 Å². The van der Waals surface area contributed by atoms with E-state index in [1.807, 2.05) is 50.5 Å². The molecule has 3 atom stereocenters. The lowest BCUT2D eigenvalue weighted by Crippen LogP contribution is -2.63. The van der Waals surface area contributed by atoms with Gasteiger partial charge in [-0.2, -0.15) is 0 Å². The minimum atomic E-state index is -0.680. The molecular weight excluding hydrogens is 656 g/mol. The Morgan fingerprint density at radius 1 is 1.07 bits per heavy atom. The van der Waals surface area contributed by atoms with Crippen molar-refractivity contribution < 1.29 is 14.3 Å². The Bertz CT molecular complexity index is 1470. The molecule has 9 nitrogen and oxygen atoms in total. The minimum Gasteiger partial charge on any atom is -0.444 e. The van der Waals surface area contributed by atoms with Crippen molar-refractivity contribution in [3.63, 3.8) is 0 Å². The van der Waals surface area contributed by atoms with E-state index in [2.05, 4.69) is 48.6 Å². The van der Waals surface area contributed by atoms with Gasteiger partial charge in [0.25, 0.3) is 0 Å². The Hall–Kier alpha value is -2.95. The molecule has 3 aliphatic rings. The first-order valence-corrected chi connectivity index (χ1v) is 17.2. The van der Waals surface area contributed by atoms with Crippen LogP contribution >= 0.6 is 27.5 Å². The number of nitrogens with zero attached hydrogens (tertiary/aromatic N) is 6. The number of halogens is 2. The Morgan fingerprint density at radius 2 is 1.89 bits per heavy atom. The first-order valence-electron chi connectivity index (χ1n) is 16.0. The normalized spacial score (nSPS) is 22.4. The Morgan fingerprint density at radius 3 is 2.67 bits per heavy atom. The molecule has 0 N–H and O–H groups in total. The SMILES string of the molecule is CC(C)(C)OC(=O)N1CCN([C@H]2c3ccc(Cl)cc3CCc3cc(Br)cnc32)C[C@@H]1C(=O)N1CCCC[C@H]1CCn1ccnc1. The fourth-order valence-corrected chi connectivity index (χ4v) is 7.64. The van der Waals surface area contributed by atoms with Gasteiger partial charge in [0.15, 0.2) is 0 Å². The number of carbonyl (C=O) groups excluding carboxylic acids is 2. The van der Waals surface area contributed by atoms with Crippen LogP contribution in [-0.2, 0) is 28.9 Å². The van der Waals surface area contributed by atoms with Crippen LogP contribution in [-0.4, -0.2) is 85.1 Å². The number of ether oxygens (including phenoxy) is 1. The molecule has 2 aliphatic heterocycles. The fraction of sp³-hybridized carbons (Fsp3) is 0.529. The Kier molecular flexibility index (Phi) is 9.54. The number of aromatic nitrogens is 3. The van der Waals surface area contributed by atoms with E-state index >= 15 is 0 Å². The van der Waals surface area contributed by atoms with Crippen LogP contribution in [0.25, 0.3) is 0 Å². The van der Waals surface area contributed by atoms with Crippen LogP contribution in [0.5, 0.6) is 0 Å². The molecule has 0 spiro atoms. The van der Waals surface area contributed by atoms with E-state index in [-0.39, 0.29) is 18.0 Å². The number of pyridine rings is 1. The second kappa shape index (κ2) is 13.4. The van der Waals surface area contributed by atoms with Crippen molar-refractivity contribution >= 4 is 39.5 Å². The van der Waals surface area contributed by atoms with E-state index < -0.39 is 17.7 Å². The summed E-state index contributed by atoms with van der Waals surface area (Å²) in [5.41, 5.74) is 3.84. The van der Waals surface area contributed by atoms with Crippen molar-refractivity contribution in [2.75, 3.05) is 26.2 Å². The van der Waals surface area contributed by atoms with Gasteiger partial charge in [0.1, 0.15) is 11.6 Å². The molecular formula is C34H42BrClN6O3. The number of rotatable bonds is 5. The summed E-state index contributed by atoms with van der Waals surface area (Å²) in [6.45, 7) is 8.42. The van der Waals surface area contributed by atoms with Crippen molar-refractivity contribution in [1.29, 1.82) is 0 Å². The highest BCUT2D eigenvalue weighted by Gasteiger charge is 2.44. The number of likely N-dealkylation sites (tertiary alicyclic amines) is 1. The summed E-state index contributed by atoms with van der Waals surface area (Å²) in [7, 11) is 0. The van der Waals surface area contributed by atoms with E-state index in [9.17, 15) is 9.59 Å². The van der Waals surface area contributed by atoms with Gasteiger partial charge in [-0.3, -0.25) is 19.6 Å².